The summed E-state index contributed by atoms with van der Waals surface area (Å²) in [5, 5.41) is 0. The van der Waals surface area contributed by atoms with E-state index in [0.717, 1.165) is 31.3 Å². The molecule has 0 saturated heterocycles. The minimum absolute atomic E-state index is 0.109. The highest BCUT2D eigenvalue weighted by atomic mass is 16.5. The summed E-state index contributed by atoms with van der Waals surface area (Å²) in [5.74, 6) is 0.770. The minimum Gasteiger partial charge on any atom is -0.486 e. The van der Waals surface area contributed by atoms with Gasteiger partial charge in [-0.15, -0.1) is 0 Å². The highest BCUT2D eigenvalue weighted by Gasteiger charge is 2.29. The van der Waals surface area contributed by atoms with Crippen LogP contribution in [0.1, 0.15) is 51.7 Å². The number of aldehydes is 1. The Morgan fingerprint density at radius 3 is 2.76 bits per heavy atom. The first-order chi connectivity index (χ1) is 9.95. The number of hydrogen-bond donors (Lipinski definition) is 0. The standard InChI is InChI=1S/C18H25NO2/c1-5-6-16-15-8-7-14(21-10-9-20)11-13(15)12-17(19-16)18(2,3)4/h7-9,11,17H,5-6,10,12H2,1-4H3. The number of nitrogens with zero attached hydrogens (tertiary/aromatic N) is 1. The maximum absolute atomic E-state index is 10.4. The van der Waals surface area contributed by atoms with Crippen LogP contribution >= 0.6 is 0 Å². The molecule has 114 valence electrons. The van der Waals surface area contributed by atoms with Crippen LogP contribution in [0.4, 0.5) is 0 Å². The summed E-state index contributed by atoms with van der Waals surface area (Å²) in [6.07, 6.45) is 3.82. The van der Waals surface area contributed by atoms with Crippen molar-refractivity contribution in [1.82, 2.24) is 0 Å². The number of ether oxygens (including phenoxy) is 1. The van der Waals surface area contributed by atoms with Crippen LogP contribution in [0.5, 0.6) is 5.75 Å². The van der Waals surface area contributed by atoms with Gasteiger partial charge in [-0.2, -0.15) is 0 Å². The number of hydrogen-bond acceptors (Lipinski definition) is 3. The van der Waals surface area contributed by atoms with Gasteiger partial charge in [0.15, 0.2) is 6.29 Å². The number of rotatable bonds is 5. The molecule has 1 aromatic carbocycles. The number of carbonyl (C=O) groups is 1. The molecule has 0 spiro atoms. The topological polar surface area (TPSA) is 38.7 Å². The van der Waals surface area contributed by atoms with Gasteiger partial charge in [0.05, 0.1) is 6.04 Å². The van der Waals surface area contributed by atoms with E-state index >= 15 is 0 Å². The molecule has 3 nitrogen and oxygen atoms in total. The molecule has 0 N–H and O–H groups in total. The van der Waals surface area contributed by atoms with Crippen LogP contribution in [0.25, 0.3) is 0 Å². The Balaban J connectivity index is 2.35. The molecule has 1 heterocycles. The molecule has 2 rings (SSSR count). The predicted octanol–water partition coefficient (Wildman–Crippen LogP) is 3.82. The second-order valence-corrected chi connectivity index (χ2v) is 6.71. The van der Waals surface area contributed by atoms with Crippen molar-refractivity contribution in [2.45, 2.75) is 53.0 Å². The number of aliphatic imine (C=N–C) groups is 1. The largest absolute Gasteiger partial charge is 0.486 e. The minimum atomic E-state index is 0.109. The molecule has 1 aromatic rings. The SMILES string of the molecule is CCCC1=NC(C(C)(C)C)Cc2cc(OCC=O)ccc21. The van der Waals surface area contributed by atoms with Gasteiger partial charge in [-0.1, -0.05) is 34.1 Å². The third-order valence-corrected chi connectivity index (χ3v) is 3.92. The number of carbonyl (C=O) groups excluding carboxylic acids is 1. The average Bonchev–Trinajstić information content (AvgIpc) is 2.44. The lowest BCUT2D eigenvalue weighted by molar-refractivity contribution is -0.109. The fraction of sp³-hybridized carbons (Fsp3) is 0.556. The zero-order valence-corrected chi connectivity index (χ0v) is 13.5. The third kappa shape index (κ3) is 3.72. The maximum atomic E-state index is 10.4. The molecule has 0 saturated carbocycles. The summed E-state index contributed by atoms with van der Waals surface area (Å²) in [5.41, 5.74) is 3.89. The fourth-order valence-corrected chi connectivity index (χ4v) is 2.69. The quantitative estimate of drug-likeness (QED) is 0.772. The molecule has 0 bridgehead atoms. The molecule has 0 amide bonds. The van der Waals surface area contributed by atoms with Crippen LogP contribution in [-0.2, 0) is 11.2 Å². The highest BCUT2D eigenvalue weighted by Crippen LogP contribution is 2.33. The van der Waals surface area contributed by atoms with E-state index < -0.39 is 0 Å². The molecule has 0 radical (unpaired) electrons. The van der Waals surface area contributed by atoms with Crippen LogP contribution in [0.15, 0.2) is 23.2 Å². The number of fused-ring (bicyclic) bond motifs is 1. The maximum Gasteiger partial charge on any atom is 0.157 e. The van der Waals surface area contributed by atoms with E-state index in [1.165, 1.54) is 16.8 Å². The van der Waals surface area contributed by atoms with Crippen LogP contribution in [0.2, 0.25) is 0 Å². The van der Waals surface area contributed by atoms with Crippen molar-refractivity contribution in [2.75, 3.05) is 6.61 Å². The van der Waals surface area contributed by atoms with Crippen molar-refractivity contribution in [3.05, 3.63) is 29.3 Å². The van der Waals surface area contributed by atoms with E-state index in [0.29, 0.717) is 6.04 Å². The first kappa shape index (κ1) is 15.7. The number of benzene rings is 1. The second-order valence-electron chi connectivity index (χ2n) is 6.71. The van der Waals surface area contributed by atoms with Gasteiger partial charge in [0.2, 0.25) is 0 Å². The lowest BCUT2D eigenvalue weighted by atomic mass is 9.79. The van der Waals surface area contributed by atoms with Crippen LogP contribution < -0.4 is 4.74 Å². The lowest BCUT2D eigenvalue weighted by Gasteiger charge is -2.33. The first-order valence-electron chi connectivity index (χ1n) is 7.72. The Bertz CT molecular complexity index is 541. The van der Waals surface area contributed by atoms with Crippen molar-refractivity contribution < 1.29 is 9.53 Å². The Labute approximate surface area is 127 Å². The van der Waals surface area contributed by atoms with Crippen LogP contribution in [0.3, 0.4) is 0 Å². The van der Waals surface area contributed by atoms with Crippen molar-refractivity contribution in [1.29, 1.82) is 0 Å². The monoisotopic (exact) mass is 287 g/mol. The van der Waals surface area contributed by atoms with E-state index in [2.05, 4.69) is 39.8 Å². The smallest absolute Gasteiger partial charge is 0.157 e. The van der Waals surface area contributed by atoms with Gasteiger partial charge in [-0.3, -0.25) is 9.79 Å². The van der Waals surface area contributed by atoms with Gasteiger partial charge < -0.3 is 4.74 Å². The van der Waals surface area contributed by atoms with Crippen molar-refractivity contribution >= 4 is 12.0 Å². The van der Waals surface area contributed by atoms with Crippen molar-refractivity contribution in [3.63, 3.8) is 0 Å². The summed E-state index contributed by atoms with van der Waals surface area (Å²) >= 11 is 0. The van der Waals surface area contributed by atoms with Gasteiger partial charge in [0.25, 0.3) is 0 Å². The van der Waals surface area contributed by atoms with Gasteiger partial charge in [-0.25, -0.2) is 0 Å². The Kier molecular flexibility index (Phi) is 4.81. The highest BCUT2D eigenvalue weighted by molar-refractivity contribution is 6.02. The molecule has 3 heteroatoms. The van der Waals surface area contributed by atoms with E-state index in [9.17, 15) is 4.79 Å². The predicted molar refractivity (Wildman–Crippen MR) is 86.4 cm³/mol. The van der Waals surface area contributed by atoms with Gasteiger partial charge in [-0.05, 0) is 47.6 Å². The van der Waals surface area contributed by atoms with E-state index in [-0.39, 0.29) is 12.0 Å². The van der Waals surface area contributed by atoms with Gasteiger partial charge in [0.1, 0.15) is 12.4 Å². The van der Waals surface area contributed by atoms with Crippen LogP contribution in [0, 0.1) is 5.41 Å². The van der Waals surface area contributed by atoms with Crippen molar-refractivity contribution in [3.8, 4) is 5.75 Å². The second kappa shape index (κ2) is 6.42. The zero-order chi connectivity index (χ0) is 15.5. The third-order valence-electron chi connectivity index (χ3n) is 3.92. The summed E-state index contributed by atoms with van der Waals surface area (Å²) in [4.78, 5) is 15.4. The van der Waals surface area contributed by atoms with Crippen molar-refractivity contribution in [2.24, 2.45) is 10.4 Å². The average molecular weight is 287 g/mol. The Morgan fingerprint density at radius 1 is 1.38 bits per heavy atom. The molecule has 1 atom stereocenters. The Morgan fingerprint density at radius 2 is 2.14 bits per heavy atom. The zero-order valence-electron chi connectivity index (χ0n) is 13.5. The van der Waals surface area contributed by atoms with Crippen LogP contribution in [-0.4, -0.2) is 24.6 Å². The van der Waals surface area contributed by atoms with Gasteiger partial charge in [0, 0.05) is 5.71 Å². The molecular formula is C18H25NO2. The molecule has 0 fully saturated rings. The summed E-state index contributed by atoms with van der Waals surface area (Å²) in [6, 6.07) is 6.39. The molecule has 1 aliphatic rings. The molecular weight excluding hydrogens is 262 g/mol. The molecule has 1 aliphatic heterocycles. The Hall–Kier alpha value is -1.64. The van der Waals surface area contributed by atoms with E-state index in [4.69, 9.17) is 9.73 Å². The lowest BCUT2D eigenvalue weighted by Crippen LogP contribution is -2.32. The fourth-order valence-electron chi connectivity index (χ4n) is 2.69. The molecule has 1 unspecified atom stereocenters. The van der Waals surface area contributed by atoms with E-state index in [1.807, 2.05) is 6.07 Å². The van der Waals surface area contributed by atoms with E-state index in [1.54, 1.807) is 0 Å². The van der Waals surface area contributed by atoms with Gasteiger partial charge >= 0.3 is 0 Å². The molecule has 0 aliphatic carbocycles. The molecule has 21 heavy (non-hydrogen) atoms. The normalized spacial score (nSPS) is 17.9. The summed E-state index contributed by atoms with van der Waals surface area (Å²) < 4.78 is 5.43. The summed E-state index contributed by atoms with van der Waals surface area (Å²) in [6.45, 7) is 9.01. The summed E-state index contributed by atoms with van der Waals surface area (Å²) in [7, 11) is 0. The molecule has 0 aromatic heterocycles. The first-order valence-corrected chi connectivity index (χ1v) is 7.72.